The highest BCUT2D eigenvalue weighted by Crippen LogP contribution is 2.40. The highest BCUT2D eigenvalue weighted by atomic mass is 32.2. The maximum atomic E-state index is 12.5. The van der Waals surface area contributed by atoms with Crippen LogP contribution >= 0.6 is 11.8 Å². The van der Waals surface area contributed by atoms with Crippen molar-refractivity contribution in [3.05, 3.63) is 28.8 Å². The fourth-order valence-electron chi connectivity index (χ4n) is 1.63. The average molecular weight is 317 g/mol. The molecule has 0 fully saturated rings. The van der Waals surface area contributed by atoms with E-state index in [1.54, 1.807) is 13.0 Å². The molecular weight excluding hydrogens is 307 g/mol. The standard InChI is InChI=1S/C13H10F3NO3S/c1-2-20-12(19)5-9-10(6-17)8(7-18)3-4-11(9)21-13(14,15)16/h3-4,7H,2,5H2,1H3. The molecule has 0 spiro atoms. The molecule has 1 aromatic carbocycles. The lowest BCUT2D eigenvalue weighted by Crippen LogP contribution is -2.12. The molecule has 0 aliphatic heterocycles. The molecule has 4 nitrogen and oxygen atoms in total. The van der Waals surface area contributed by atoms with Crippen molar-refractivity contribution >= 4 is 24.0 Å². The number of halogens is 3. The first-order chi connectivity index (χ1) is 9.82. The number of carbonyl (C=O) groups excluding carboxylic acids is 2. The smallest absolute Gasteiger partial charge is 0.446 e. The van der Waals surface area contributed by atoms with Crippen molar-refractivity contribution in [2.75, 3.05) is 6.61 Å². The summed E-state index contributed by atoms with van der Waals surface area (Å²) in [6.45, 7) is 1.62. The molecule has 0 bridgehead atoms. The largest absolute Gasteiger partial charge is 0.466 e. The maximum Gasteiger partial charge on any atom is 0.446 e. The Balaban J connectivity index is 3.34. The van der Waals surface area contributed by atoms with Crippen LogP contribution in [-0.2, 0) is 16.0 Å². The van der Waals surface area contributed by atoms with E-state index in [1.165, 1.54) is 0 Å². The quantitative estimate of drug-likeness (QED) is 0.474. The molecule has 21 heavy (non-hydrogen) atoms. The second kappa shape index (κ2) is 7.13. The molecular formula is C13H10F3NO3S. The Kier molecular flexibility index (Phi) is 5.79. The van der Waals surface area contributed by atoms with Crippen LogP contribution < -0.4 is 0 Å². The van der Waals surface area contributed by atoms with Crippen molar-refractivity contribution in [3.8, 4) is 6.07 Å². The van der Waals surface area contributed by atoms with Crippen molar-refractivity contribution in [1.82, 2.24) is 0 Å². The topological polar surface area (TPSA) is 67.2 Å². The third kappa shape index (κ3) is 4.79. The fourth-order valence-corrected chi connectivity index (χ4v) is 2.31. The van der Waals surface area contributed by atoms with Crippen LogP contribution in [0.2, 0.25) is 0 Å². The Labute approximate surface area is 122 Å². The van der Waals surface area contributed by atoms with E-state index in [-0.39, 0.29) is 28.2 Å². The van der Waals surface area contributed by atoms with Gasteiger partial charge < -0.3 is 4.74 Å². The molecule has 1 rings (SSSR count). The van der Waals surface area contributed by atoms with E-state index < -0.39 is 29.7 Å². The number of esters is 1. The van der Waals surface area contributed by atoms with Crippen molar-refractivity contribution in [2.24, 2.45) is 0 Å². The molecule has 0 atom stereocenters. The minimum atomic E-state index is -4.57. The molecule has 0 aliphatic rings. The number of ether oxygens (including phenoxy) is 1. The molecule has 0 N–H and O–H groups in total. The summed E-state index contributed by atoms with van der Waals surface area (Å²) in [6.07, 6.45) is -0.147. The van der Waals surface area contributed by atoms with Gasteiger partial charge in [0.15, 0.2) is 6.29 Å². The van der Waals surface area contributed by atoms with Gasteiger partial charge in [-0.05, 0) is 36.4 Å². The van der Waals surface area contributed by atoms with E-state index in [2.05, 4.69) is 4.74 Å². The lowest BCUT2D eigenvalue weighted by Gasteiger charge is -2.13. The Hall–Kier alpha value is -2.01. The van der Waals surface area contributed by atoms with Crippen LogP contribution in [0.25, 0.3) is 0 Å². The fraction of sp³-hybridized carbons (Fsp3) is 0.308. The van der Waals surface area contributed by atoms with Gasteiger partial charge in [-0.3, -0.25) is 9.59 Å². The number of rotatable bonds is 5. The van der Waals surface area contributed by atoms with Gasteiger partial charge in [-0.25, -0.2) is 0 Å². The van der Waals surface area contributed by atoms with Crippen molar-refractivity contribution in [1.29, 1.82) is 5.26 Å². The Morgan fingerprint density at radius 2 is 2.14 bits per heavy atom. The summed E-state index contributed by atoms with van der Waals surface area (Å²) >= 11 is -0.439. The summed E-state index contributed by atoms with van der Waals surface area (Å²) in [5, 5.41) is 9.04. The van der Waals surface area contributed by atoms with Gasteiger partial charge in [0.05, 0.1) is 18.6 Å². The highest BCUT2D eigenvalue weighted by Gasteiger charge is 2.32. The zero-order valence-electron chi connectivity index (χ0n) is 10.9. The second-order valence-electron chi connectivity index (χ2n) is 3.77. The van der Waals surface area contributed by atoms with Gasteiger partial charge in [0.1, 0.15) is 6.07 Å². The molecule has 112 valence electrons. The summed E-state index contributed by atoms with van der Waals surface area (Å²) in [4.78, 5) is 22.0. The lowest BCUT2D eigenvalue weighted by atomic mass is 10.0. The molecule has 0 heterocycles. The number of benzene rings is 1. The predicted octanol–water partition coefficient (Wildman–Crippen LogP) is 3.09. The molecule has 8 heteroatoms. The SMILES string of the molecule is CCOC(=O)Cc1c(SC(F)(F)F)ccc(C=O)c1C#N. The van der Waals surface area contributed by atoms with Gasteiger partial charge in [-0.2, -0.15) is 18.4 Å². The van der Waals surface area contributed by atoms with Crippen LogP contribution in [0.3, 0.4) is 0 Å². The normalized spacial score (nSPS) is 10.8. The van der Waals surface area contributed by atoms with E-state index in [0.29, 0.717) is 6.29 Å². The second-order valence-corrected chi connectivity index (χ2v) is 4.87. The minimum absolute atomic E-state index is 0.0653. The van der Waals surface area contributed by atoms with E-state index in [1.807, 2.05) is 0 Å². The first-order valence-corrected chi connectivity index (χ1v) is 6.56. The minimum Gasteiger partial charge on any atom is -0.466 e. The van der Waals surface area contributed by atoms with Gasteiger partial charge >= 0.3 is 11.5 Å². The Bertz CT molecular complexity index is 594. The van der Waals surface area contributed by atoms with Gasteiger partial charge in [-0.1, -0.05) is 0 Å². The molecule has 0 amide bonds. The molecule has 0 aromatic heterocycles. The van der Waals surface area contributed by atoms with Gasteiger partial charge in [0, 0.05) is 10.5 Å². The summed E-state index contributed by atoms with van der Waals surface area (Å²) in [5.41, 5.74) is -5.03. The van der Waals surface area contributed by atoms with Crippen LogP contribution in [-0.4, -0.2) is 24.4 Å². The number of hydrogen-bond donors (Lipinski definition) is 0. The molecule has 0 radical (unpaired) electrons. The van der Waals surface area contributed by atoms with E-state index >= 15 is 0 Å². The average Bonchev–Trinajstić information content (AvgIpc) is 2.39. The summed E-state index contributed by atoms with van der Waals surface area (Å²) in [6, 6.07) is 3.86. The summed E-state index contributed by atoms with van der Waals surface area (Å²) in [5.74, 6) is -0.763. The molecule has 0 unspecified atom stereocenters. The summed E-state index contributed by atoms with van der Waals surface area (Å²) in [7, 11) is 0. The molecule has 0 saturated heterocycles. The number of nitriles is 1. The molecule has 0 aliphatic carbocycles. The van der Waals surface area contributed by atoms with Crippen LogP contribution in [0, 0.1) is 11.3 Å². The van der Waals surface area contributed by atoms with Crippen LogP contribution in [0.1, 0.15) is 28.4 Å². The van der Waals surface area contributed by atoms with Crippen molar-refractivity contribution < 1.29 is 27.5 Å². The number of carbonyl (C=O) groups is 2. The highest BCUT2D eigenvalue weighted by molar-refractivity contribution is 8.00. The lowest BCUT2D eigenvalue weighted by molar-refractivity contribution is -0.142. The van der Waals surface area contributed by atoms with Gasteiger partial charge in [0.25, 0.3) is 0 Å². The molecule has 1 aromatic rings. The first-order valence-electron chi connectivity index (χ1n) is 5.74. The first kappa shape index (κ1) is 17.0. The van der Waals surface area contributed by atoms with Gasteiger partial charge in [0.2, 0.25) is 0 Å². The monoisotopic (exact) mass is 317 g/mol. The van der Waals surface area contributed by atoms with Gasteiger partial charge in [-0.15, -0.1) is 0 Å². The third-order valence-corrected chi connectivity index (χ3v) is 3.23. The third-order valence-electron chi connectivity index (χ3n) is 2.39. The van der Waals surface area contributed by atoms with E-state index in [4.69, 9.17) is 5.26 Å². The van der Waals surface area contributed by atoms with Crippen molar-refractivity contribution in [3.63, 3.8) is 0 Å². The predicted molar refractivity (Wildman–Crippen MR) is 68.8 cm³/mol. The number of nitrogens with zero attached hydrogens (tertiary/aromatic N) is 1. The van der Waals surface area contributed by atoms with E-state index in [9.17, 15) is 22.8 Å². The number of thioether (sulfide) groups is 1. The summed E-state index contributed by atoms with van der Waals surface area (Å²) < 4.78 is 42.2. The Morgan fingerprint density at radius 1 is 1.48 bits per heavy atom. The van der Waals surface area contributed by atoms with Crippen LogP contribution in [0.5, 0.6) is 0 Å². The Morgan fingerprint density at radius 3 is 2.62 bits per heavy atom. The number of alkyl halides is 3. The van der Waals surface area contributed by atoms with Crippen LogP contribution in [0.4, 0.5) is 13.2 Å². The maximum absolute atomic E-state index is 12.5. The number of aldehydes is 1. The number of hydrogen-bond acceptors (Lipinski definition) is 5. The van der Waals surface area contributed by atoms with Crippen molar-refractivity contribution in [2.45, 2.75) is 23.7 Å². The molecule has 0 saturated carbocycles. The zero-order chi connectivity index (χ0) is 16.0. The zero-order valence-corrected chi connectivity index (χ0v) is 11.7. The van der Waals surface area contributed by atoms with E-state index in [0.717, 1.165) is 12.1 Å². The van der Waals surface area contributed by atoms with Crippen LogP contribution in [0.15, 0.2) is 17.0 Å².